The summed E-state index contributed by atoms with van der Waals surface area (Å²) in [5.74, 6) is 0. The van der Waals surface area contributed by atoms with Gasteiger partial charge in [0.15, 0.2) is 0 Å². The number of rotatable bonds is 2. The van der Waals surface area contributed by atoms with Crippen molar-refractivity contribution in [1.82, 2.24) is 4.98 Å². The smallest absolute Gasteiger partial charge is 0.0703 e. The van der Waals surface area contributed by atoms with Crippen molar-refractivity contribution in [2.75, 3.05) is 5.32 Å². The molecule has 2 aromatic carbocycles. The van der Waals surface area contributed by atoms with E-state index in [0.717, 1.165) is 26.8 Å². The monoisotopic (exact) mass is 298 g/mol. The Balaban J connectivity index is 1.92. The highest BCUT2D eigenvalue weighted by molar-refractivity contribution is 9.10. The van der Waals surface area contributed by atoms with E-state index in [0.29, 0.717) is 0 Å². The quantitative estimate of drug-likeness (QED) is 0.739. The van der Waals surface area contributed by atoms with Gasteiger partial charge in [0.2, 0.25) is 0 Å². The standard InChI is InChI=1S/C15H11BrN2/c16-12-3-5-13(6-4-12)18-14-7-8-15-11(10-14)2-1-9-17-15/h1-10,18H. The molecule has 3 aromatic rings. The van der Waals surface area contributed by atoms with Crippen molar-refractivity contribution in [3.8, 4) is 0 Å². The molecule has 0 fully saturated rings. The molecule has 0 aliphatic carbocycles. The third-order valence-electron chi connectivity index (χ3n) is 2.74. The Morgan fingerprint density at radius 1 is 0.889 bits per heavy atom. The Kier molecular flexibility index (Phi) is 2.99. The van der Waals surface area contributed by atoms with Crippen LogP contribution in [0.1, 0.15) is 0 Å². The number of pyridine rings is 1. The van der Waals surface area contributed by atoms with Gasteiger partial charge in [0.05, 0.1) is 5.52 Å². The first-order valence-electron chi connectivity index (χ1n) is 5.69. The van der Waals surface area contributed by atoms with E-state index in [-0.39, 0.29) is 0 Å². The van der Waals surface area contributed by atoms with Crippen LogP contribution in [0.25, 0.3) is 10.9 Å². The number of nitrogens with zero attached hydrogens (tertiary/aromatic N) is 1. The first-order valence-corrected chi connectivity index (χ1v) is 6.48. The average Bonchev–Trinajstić information content (AvgIpc) is 2.41. The predicted octanol–water partition coefficient (Wildman–Crippen LogP) is 4.74. The number of anilines is 2. The molecule has 3 heteroatoms. The molecule has 0 unspecified atom stereocenters. The third kappa shape index (κ3) is 2.36. The molecule has 0 atom stereocenters. The summed E-state index contributed by atoms with van der Waals surface area (Å²) in [6, 6.07) is 18.3. The molecule has 18 heavy (non-hydrogen) atoms. The van der Waals surface area contributed by atoms with E-state index < -0.39 is 0 Å². The molecule has 0 spiro atoms. The maximum atomic E-state index is 4.31. The minimum Gasteiger partial charge on any atom is -0.356 e. The van der Waals surface area contributed by atoms with Gasteiger partial charge in [0, 0.05) is 27.4 Å². The van der Waals surface area contributed by atoms with Crippen LogP contribution in [0.15, 0.2) is 65.3 Å². The molecule has 0 aliphatic heterocycles. The SMILES string of the molecule is Brc1ccc(Nc2ccc3ncccc3c2)cc1. The van der Waals surface area contributed by atoms with Gasteiger partial charge >= 0.3 is 0 Å². The molecule has 0 amide bonds. The van der Waals surface area contributed by atoms with Crippen molar-refractivity contribution in [2.24, 2.45) is 0 Å². The Hall–Kier alpha value is -1.87. The zero-order valence-electron chi connectivity index (χ0n) is 9.60. The Labute approximate surface area is 114 Å². The van der Waals surface area contributed by atoms with E-state index >= 15 is 0 Å². The molecule has 1 aromatic heterocycles. The van der Waals surface area contributed by atoms with E-state index in [1.165, 1.54) is 0 Å². The predicted molar refractivity (Wildman–Crippen MR) is 79.2 cm³/mol. The largest absolute Gasteiger partial charge is 0.356 e. The van der Waals surface area contributed by atoms with Crippen molar-refractivity contribution in [3.05, 3.63) is 65.3 Å². The fourth-order valence-corrected chi connectivity index (χ4v) is 2.12. The minimum atomic E-state index is 1.01. The molecule has 0 bridgehead atoms. The zero-order chi connectivity index (χ0) is 12.4. The molecule has 0 saturated carbocycles. The van der Waals surface area contributed by atoms with Crippen LogP contribution in [0.3, 0.4) is 0 Å². The molecule has 0 aliphatic rings. The highest BCUT2D eigenvalue weighted by Gasteiger charge is 1.97. The van der Waals surface area contributed by atoms with Gasteiger partial charge in [-0.15, -0.1) is 0 Å². The fraction of sp³-hybridized carbons (Fsp3) is 0. The molecule has 3 rings (SSSR count). The first kappa shape index (κ1) is 11.2. The zero-order valence-corrected chi connectivity index (χ0v) is 11.2. The van der Waals surface area contributed by atoms with E-state index in [9.17, 15) is 0 Å². The van der Waals surface area contributed by atoms with Gasteiger partial charge in [-0.3, -0.25) is 4.98 Å². The summed E-state index contributed by atoms with van der Waals surface area (Å²) in [4.78, 5) is 4.31. The van der Waals surface area contributed by atoms with Crippen molar-refractivity contribution >= 4 is 38.2 Å². The van der Waals surface area contributed by atoms with Gasteiger partial charge in [0.1, 0.15) is 0 Å². The topological polar surface area (TPSA) is 24.9 Å². The Morgan fingerprint density at radius 2 is 1.67 bits per heavy atom. The molecule has 88 valence electrons. The van der Waals surface area contributed by atoms with Crippen molar-refractivity contribution in [3.63, 3.8) is 0 Å². The fourth-order valence-electron chi connectivity index (χ4n) is 1.85. The van der Waals surface area contributed by atoms with Crippen LogP contribution in [0.2, 0.25) is 0 Å². The molecule has 1 heterocycles. The van der Waals surface area contributed by atoms with E-state index in [2.05, 4.69) is 38.4 Å². The van der Waals surface area contributed by atoms with Crippen LogP contribution in [0, 0.1) is 0 Å². The van der Waals surface area contributed by atoms with Gasteiger partial charge in [-0.25, -0.2) is 0 Å². The number of fused-ring (bicyclic) bond motifs is 1. The molecule has 1 N–H and O–H groups in total. The number of benzene rings is 2. The summed E-state index contributed by atoms with van der Waals surface area (Å²) in [6.45, 7) is 0. The summed E-state index contributed by atoms with van der Waals surface area (Å²) in [5.41, 5.74) is 3.15. The normalized spacial score (nSPS) is 10.5. The number of halogens is 1. The molecular weight excluding hydrogens is 288 g/mol. The van der Waals surface area contributed by atoms with E-state index in [1.54, 1.807) is 0 Å². The van der Waals surface area contributed by atoms with Crippen LogP contribution in [-0.2, 0) is 0 Å². The van der Waals surface area contributed by atoms with Crippen molar-refractivity contribution in [1.29, 1.82) is 0 Å². The summed E-state index contributed by atoms with van der Waals surface area (Å²) in [6.07, 6.45) is 1.81. The second-order valence-corrected chi connectivity index (χ2v) is 4.96. The number of nitrogens with one attached hydrogen (secondary N) is 1. The molecule has 0 saturated heterocycles. The minimum absolute atomic E-state index is 1.01. The second kappa shape index (κ2) is 4.78. The van der Waals surface area contributed by atoms with Gasteiger partial charge in [-0.05, 0) is 48.5 Å². The average molecular weight is 299 g/mol. The van der Waals surface area contributed by atoms with Gasteiger partial charge in [-0.1, -0.05) is 22.0 Å². The van der Waals surface area contributed by atoms with Crippen LogP contribution >= 0.6 is 15.9 Å². The lowest BCUT2D eigenvalue weighted by atomic mass is 10.2. The summed E-state index contributed by atoms with van der Waals surface area (Å²) >= 11 is 3.43. The number of hydrogen-bond donors (Lipinski definition) is 1. The van der Waals surface area contributed by atoms with Gasteiger partial charge in [-0.2, -0.15) is 0 Å². The highest BCUT2D eigenvalue weighted by atomic mass is 79.9. The highest BCUT2D eigenvalue weighted by Crippen LogP contribution is 2.22. The lowest BCUT2D eigenvalue weighted by molar-refractivity contribution is 1.41. The number of hydrogen-bond acceptors (Lipinski definition) is 2. The van der Waals surface area contributed by atoms with Crippen molar-refractivity contribution in [2.45, 2.75) is 0 Å². The Bertz CT molecular complexity index is 677. The number of aromatic nitrogens is 1. The summed E-state index contributed by atoms with van der Waals surface area (Å²) < 4.78 is 1.08. The van der Waals surface area contributed by atoms with E-state index in [1.807, 2.05) is 48.7 Å². The maximum Gasteiger partial charge on any atom is 0.0703 e. The second-order valence-electron chi connectivity index (χ2n) is 4.04. The third-order valence-corrected chi connectivity index (χ3v) is 3.26. The first-order chi connectivity index (χ1) is 8.81. The summed E-state index contributed by atoms with van der Waals surface area (Å²) in [5, 5.41) is 4.51. The van der Waals surface area contributed by atoms with Gasteiger partial charge in [0.25, 0.3) is 0 Å². The lowest BCUT2D eigenvalue weighted by Crippen LogP contribution is -1.90. The van der Waals surface area contributed by atoms with Crippen LogP contribution in [0.4, 0.5) is 11.4 Å². The van der Waals surface area contributed by atoms with Crippen molar-refractivity contribution < 1.29 is 0 Å². The van der Waals surface area contributed by atoms with E-state index in [4.69, 9.17) is 0 Å². The maximum absolute atomic E-state index is 4.31. The molecular formula is C15H11BrN2. The molecule has 0 radical (unpaired) electrons. The van der Waals surface area contributed by atoms with Gasteiger partial charge < -0.3 is 5.32 Å². The lowest BCUT2D eigenvalue weighted by Gasteiger charge is -2.07. The Morgan fingerprint density at radius 3 is 2.50 bits per heavy atom. The summed E-state index contributed by atoms with van der Waals surface area (Å²) in [7, 11) is 0. The van der Waals surface area contributed by atoms with Crippen LogP contribution in [-0.4, -0.2) is 4.98 Å². The molecule has 2 nitrogen and oxygen atoms in total. The van der Waals surface area contributed by atoms with Crippen LogP contribution < -0.4 is 5.32 Å². The van der Waals surface area contributed by atoms with Crippen LogP contribution in [0.5, 0.6) is 0 Å².